The normalized spacial score (nSPS) is 24.7. The number of halogens is 1. The lowest BCUT2D eigenvalue weighted by molar-refractivity contribution is -0.136. The standard InChI is InChI=1S/C19H27N3O4.ClH/c1-12-6-13(9-20)10-21(12)19(24)14-7-18(23)22(11-14)16-5-4-15(25-2)8-17(16)26-3;/h4-5,8,12-14H,6-7,9-11,20H2,1-3H3;1H. The van der Waals surface area contributed by atoms with E-state index >= 15 is 0 Å². The zero-order chi connectivity index (χ0) is 18.8. The second kappa shape index (κ2) is 8.80. The molecule has 2 aliphatic heterocycles. The minimum absolute atomic E-state index is 0. The van der Waals surface area contributed by atoms with Crippen LogP contribution in [0.2, 0.25) is 0 Å². The Morgan fingerprint density at radius 3 is 2.59 bits per heavy atom. The molecule has 1 aromatic carbocycles. The Kier molecular flexibility index (Phi) is 6.95. The van der Waals surface area contributed by atoms with E-state index in [1.165, 1.54) is 0 Å². The topological polar surface area (TPSA) is 85.1 Å². The van der Waals surface area contributed by atoms with Gasteiger partial charge >= 0.3 is 0 Å². The predicted molar refractivity (Wildman–Crippen MR) is 106 cm³/mol. The molecule has 2 N–H and O–H groups in total. The van der Waals surface area contributed by atoms with Crippen molar-refractivity contribution >= 4 is 29.9 Å². The SMILES string of the molecule is COc1ccc(N2CC(C(=O)N3CC(CN)CC3C)CC2=O)c(OC)c1.Cl. The van der Waals surface area contributed by atoms with Gasteiger partial charge in [0, 0.05) is 31.6 Å². The molecule has 3 unspecified atom stereocenters. The number of nitrogens with two attached hydrogens (primary N) is 1. The Labute approximate surface area is 166 Å². The summed E-state index contributed by atoms with van der Waals surface area (Å²) >= 11 is 0. The number of hydrogen-bond acceptors (Lipinski definition) is 5. The van der Waals surface area contributed by atoms with E-state index in [2.05, 4.69) is 6.92 Å². The van der Waals surface area contributed by atoms with Gasteiger partial charge in [0.2, 0.25) is 11.8 Å². The van der Waals surface area contributed by atoms with Crippen LogP contribution >= 0.6 is 12.4 Å². The summed E-state index contributed by atoms with van der Waals surface area (Å²) in [5.74, 6) is 1.23. The molecule has 150 valence electrons. The average Bonchev–Trinajstić information content (AvgIpc) is 3.23. The van der Waals surface area contributed by atoms with Crippen LogP contribution in [0.1, 0.15) is 19.8 Å². The molecule has 2 heterocycles. The number of anilines is 1. The fraction of sp³-hybridized carbons (Fsp3) is 0.579. The summed E-state index contributed by atoms with van der Waals surface area (Å²) in [7, 11) is 3.14. The lowest BCUT2D eigenvalue weighted by atomic mass is 10.1. The van der Waals surface area contributed by atoms with Crippen molar-refractivity contribution in [2.24, 2.45) is 17.6 Å². The van der Waals surface area contributed by atoms with Crippen molar-refractivity contribution in [2.75, 3.05) is 38.8 Å². The number of likely N-dealkylation sites (tertiary alicyclic amines) is 1. The van der Waals surface area contributed by atoms with Crippen LogP contribution in [0.5, 0.6) is 11.5 Å². The molecular formula is C19H28ClN3O4. The monoisotopic (exact) mass is 397 g/mol. The second-order valence-electron chi connectivity index (χ2n) is 7.12. The van der Waals surface area contributed by atoms with E-state index in [0.29, 0.717) is 42.7 Å². The van der Waals surface area contributed by atoms with Crippen LogP contribution in [0, 0.1) is 11.8 Å². The number of nitrogens with zero attached hydrogens (tertiary/aromatic N) is 2. The summed E-state index contributed by atoms with van der Waals surface area (Å²) in [6, 6.07) is 5.50. The molecular weight excluding hydrogens is 370 g/mol. The molecule has 2 aliphatic rings. The summed E-state index contributed by atoms with van der Waals surface area (Å²) in [5.41, 5.74) is 6.43. The highest BCUT2D eigenvalue weighted by molar-refractivity contribution is 6.01. The molecule has 2 amide bonds. The van der Waals surface area contributed by atoms with Gasteiger partial charge in [-0.2, -0.15) is 0 Å². The van der Waals surface area contributed by atoms with Gasteiger partial charge in [-0.15, -0.1) is 12.4 Å². The van der Waals surface area contributed by atoms with Gasteiger partial charge in [-0.05, 0) is 37.9 Å². The highest BCUT2D eigenvalue weighted by Crippen LogP contribution is 2.36. The zero-order valence-electron chi connectivity index (χ0n) is 16.0. The number of hydrogen-bond donors (Lipinski definition) is 1. The number of carbonyl (C=O) groups excluding carboxylic acids is 2. The van der Waals surface area contributed by atoms with E-state index in [0.717, 1.165) is 6.42 Å². The minimum Gasteiger partial charge on any atom is -0.497 e. The van der Waals surface area contributed by atoms with E-state index in [1.807, 2.05) is 4.90 Å². The van der Waals surface area contributed by atoms with Gasteiger partial charge in [-0.25, -0.2) is 0 Å². The first-order valence-corrected chi connectivity index (χ1v) is 9.01. The number of benzene rings is 1. The Morgan fingerprint density at radius 1 is 1.26 bits per heavy atom. The van der Waals surface area contributed by atoms with Crippen LogP contribution < -0.4 is 20.1 Å². The molecule has 0 spiro atoms. The Balaban J connectivity index is 0.00000261. The van der Waals surface area contributed by atoms with Gasteiger partial charge in [-0.1, -0.05) is 0 Å². The van der Waals surface area contributed by atoms with E-state index in [9.17, 15) is 9.59 Å². The van der Waals surface area contributed by atoms with Gasteiger partial charge in [0.05, 0.1) is 25.8 Å². The van der Waals surface area contributed by atoms with Crippen LogP contribution in [-0.2, 0) is 9.59 Å². The van der Waals surface area contributed by atoms with Crippen LogP contribution in [0.3, 0.4) is 0 Å². The van der Waals surface area contributed by atoms with E-state index < -0.39 is 0 Å². The highest BCUT2D eigenvalue weighted by Gasteiger charge is 2.41. The number of methoxy groups -OCH3 is 2. The molecule has 0 aliphatic carbocycles. The van der Waals surface area contributed by atoms with Crippen molar-refractivity contribution in [3.8, 4) is 11.5 Å². The number of ether oxygens (including phenoxy) is 2. The third-order valence-electron chi connectivity index (χ3n) is 5.43. The zero-order valence-corrected chi connectivity index (χ0v) is 16.8. The quantitative estimate of drug-likeness (QED) is 0.816. The highest BCUT2D eigenvalue weighted by atomic mass is 35.5. The van der Waals surface area contributed by atoms with Crippen molar-refractivity contribution in [3.05, 3.63) is 18.2 Å². The maximum Gasteiger partial charge on any atom is 0.228 e. The maximum absolute atomic E-state index is 13.0. The minimum atomic E-state index is -0.326. The molecule has 27 heavy (non-hydrogen) atoms. The maximum atomic E-state index is 13.0. The predicted octanol–water partition coefficient (Wildman–Crippen LogP) is 1.67. The third-order valence-corrected chi connectivity index (χ3v) is 5.43. The molecule has 3 atom stereocenters. The smallest absolute Gasteiger partial charge is 0.228 e. The van der Waals surface area contributed by atoms with Gasteiger partial charge in [0.1, 0.15) is 11.5 Å². The van der Waals surface area contributed by atoms with Crippen LogP contribution in [0.15, 0.2) is 18.2 Å². The van der Waals surface area contributed by atoms with Crippen molar-refractivity contribution < 1.29 is 19.1 Å². The fourth-order valence-electron chi connectivity index (χ4n) is 3.97. The molecule has 2 fully saturated rings. The Morgan fingerprint density at radius 2 is 2.00 bits per heavy atom. The van der Waals surface area contributed by atoms with Crippen molar-refractivity contribution in [1.82, 2.24) is 4.90 Å². The van der Waals surface area contributed by atoms with E-state index in [4.69, 9.17) is 15.2 Å². The molecule has 0 radical (unpaired) electrons. The van der Waals surface area contributed by atoms with Gasteiger partial charge in [-0.3, -0.25) is 9.59 Å². The van der Waals surface area contributed by atoms with E-state index in [-0.39, 0.29) is 42.6 Å². The molecule has 3 rings (SSSR count). The molecule has 0 bridgehead atoms. The number of amides is 2. The largest absolute Gasteiger partial charge is 0.497 e. The fourth-order valence-corrected chi connectivity index (χ4v) is 3.97. The summed E-state index contributed by atoms with van der Waals surface area (Å²) in [6.07, 6.45) is 1.16. The van der Waals surface area contributed by atoms with Crippen molar-refractivity contribution in [3.63, 3.8) is 0 Å². The van der Waals surface area contributed by atoms with Crippen LogP contribution in [0.25, 0.3) is 0 Å². The van der Waals surface area contributed by atoms with Crippen LogP contribution in [0.4, 0.5) is 5.69 Å². The summed E-state index contributed by atoms with van der Waals surface area (Å²) < 4.78 is 10.6. The van der Waals surface area contributed by atoms with Gasteiger partial charge in [0.15, 0.2) is 0 Å². The van der Waals surface area contributed by atoms with Gasteiger partial charge in [0.25, 0.3) is 0 Å². The molecule has 1 aromatic rings. The molecule has 2 saturated heterocycles. The molecule has 7 nitrogen and oxygen atoms in total. The lowest BCUT2D eigenvalue weighted by Crippen LogP contribution is -2.40. The summed E-state index contributed by atoms with van der Waals surface area (Å²) in [6.45, 7) is 3.70. The number of rotatable bonds is 5. The van der Waals surface area contributed by atoms with Gasteiger partial charge < -0.3 is 25.0 Å². The first-order valence-electron chi connectivity index (χ1n) is 9.01. The average molecular weight is 398 g/mol. The molecule has 0 aromatic heterocycles. The van der Waals surface area contributed by atoms with E-state index in [1.54, 1.807) is 37.3 Å². The lowest BCUT2D eigenvalue weighted by Gasteiger charge is -2.25. The first kappa shape index (κ1) is 21.3. The summed E-state index contributed by atoms with van der Waals surface area (Å²) in [4.78, 5) is 29.1. The molecule has 0 saturated carbocycles. The summed E-state index contributed by atoms with van der Waals surface area (Å²) in [5, 5.41) is 0. The number of carbonyl (C=O) groups is 2. The van der Waals surface area contributed by atoms with Crippen molar-refractivity contribution in [2.45, 2.75) is 25.8 Å². The van der Waals surface area contributed by atoms with Crippen molar-refractivity contribution in [1.29, 1.82) is 0 Å². The second-order valence-corrected chi connectivity index (χ2v) is 7.12. The third kappa shape index (κ3) is 4.14. The Hall–Kier alpha value is -1.99. The first-order chi connectivity index (χ1) is 12.5. The molecule has 8 heteroatoms. The Bertz CT molecular complexity index is 700. The van der Waals surface area contributed by atoms with Crippen LogP contribution in [-0.4, -0.2) is 56.6 Å².